The minimum atomic E-state index is 0.897. The lowest BCUT2D eigenvalue weighted by atomic mass is 10.1. The third kappa shape index (κ3) is 2.67. The number of hydrogen-bond donors (Lipinski definition) is 0. The zero-order valence-corrected chi connectivity index (χ0v) is 12.5. The molecule has 1 aliphatic rings. The first kappa shape index (κ1) is 12.7. The summed E-state index contributed by atoms with van der Waals surface area (Å²) < 4.78 is 6.35. The number of hydrogen-bond acceptors (Lipinski definition) is 2. The molecule has 0 atom stereocenters. The molecule has 98 valence electrons. The van der Waals surface area contributed by atoms with E-state index in [1.165, 1.54) is 16.7 Å². The van der Waals surface area contributed by atoms with Crippen LogP contribution in [0.3, 0.4) is 0 Å². The van der Waals surface area contributed by atoms with Crippen LogP contribution in [-0.4, -0.2) is 12.0 Å². The third-order valence-corrected chi connectivity index (χ3v) is 4.18. The predicted octanol–water partition coefficient (Wildman–Crippen LogP) is 3.97. The average molecular weight is 318 g/mol. The highest BCUT2D eigenvalue weighted by molar-refractivity contribution is 9.10. The Morgan fingerprint density at radius 3 is 2.42 bits per heavy atom. The molecule has 3 rings (SSSR count). The molecule has 0 aliphatic carbocycles. The highest BCUT2D eigenvalue weighted by atomic mass is 79.9. The molecular weight excluding hydrogens is 302 g/mol. The predicted molar refractivity (Wildman–Crippen MR) is 80.1 cm³/mol. The molecule has 0 N–H and O–H groups in total. The standard InChI is InChI=1S/C16H16BrNO/c1-19-16-8-12(6-7-15(16)17)9-18-10-13-4-2-3-5-14(13)11-18/h2-8H,9-11H2,1H3. The summed E-state index contributed by atoms with van der Waals surface area (Å²) in [4.78, 5) is 2.45. The Hall–Kier alpha value is -1.32. The summed E-state index contributed by atoms with van der Waals surface area (Å²) >= 11 is 3.49. The molecule has 1 heterocycles. The van der Waals surface area contributed by atoms with Gasteiger partial charge in [-0.15, -0.1) is 0 Å². The van der Waals surface area contributed by atoms with Gasteiger partial charge in [0, 0.05) is 19.6 Å². The molecule has 0 amide bonds. The van der Waals surface area contributed by atoms with Crippen molar-refractivity contribution in [2.75, 3.05) is 7.11 Å². The van der Waals surface area contributed by atoms with Crippen molar-refractivity contribution in [1.29, 1.82) is 0 Å². The van der Waals surface area contributed by atoms with E-state index in [2.05, 4.69) is 63.3 Å². The summed E-state index contributed by atoms with van der Waals surface area (Å²) in [5, 5.41) is 0. The van der Waals surface area contributed by atoms with E-state index in [9.17, 15) is 0 Å². The fraction of sp³-hybridized carbons (Fsp3) is 0.250. The Balaban J connectivity index is 1.74. The minimum absolute atomic E-state index is 0.897. The number of fused-ring (bicyclic) bond motifs is 1. The smallest absolute Gasteiger partial charge is 0.133 e. The Labute approximate surface area is 122 Å². The fourth-order valence-electron chi connectivity index (χ4n) is 2.58. The van der Waals surface area contributed by atoms with Crippen LogP contribution >= 0.6 is 15.9 Å². The van der Waals surface area contributed by atoms with Crippen LogP contribution in [0.15, 0.2) is 46.9 Å². The minimum Gasteiger partial charge on any atom is -0.496 e. The van der Waals surface area contributed by atoms with Crippen LogP contribution in [0.4, 0.5) is 0 Å². The highest BCUT2D eigenvalue weighted by Crippen LogP contribution is 2.28. The van der Waals surface area contributed by atoms with Gasteiger partial charge in [0.25, 0.3) is 0 Å². The summed E-state index contributed by atoms with van der Waals surface area (Å²) in [7, 11) is 1.70. The molecule has 1 aliphatic heterocycles. The Bertz CT molecular complexity index is 572. The molecule has 0 aromatic heterocycles. The van der Waals surface area contributed by atoms with Crippen molar-refractivity contribution >= 4 is 15.9 Å². The van der Waals surface area contributed by atoms with Gasteiger partial charge in [0.15, 0.2) is 0 Å². The summed E-state index contributed by atoms with van der Waals surface area (Å²) in [5.41, 5.74) is 4.19. The lowest BCUT2D eigenvalue weighted by Gasteiger charge is -2.15. The number of rotatable bonds is 3. The van der Waals surface area contributed by atoms with Crippen molar-refractivity contribution in [2.24, 2.45) is 0 Å². The summed E-state index contributed by atoms with van der Waals surface area (Å²) in [5.74, 6) is 0.897. The number of methoxy groups -OCH3 is 1. The van der Waals surface area contributed by atoms with Gasteiger partial charge in [0.2, 0.25) is 0 Å². The second-order valence-electron chi connectivity index (χ2n) is 4.88. The van der Waals surface area contributed by atoms with Gasteiger partial charge < -0.3 is 4.74 Å². The van der Waals surface area contributed by atoms with Crippen molar-refractivity contribution < 1.29 is 4.74 Å². The number of halogens is 1. The Morgan fingerprint density at radius 2 is 1.79 bits per heavy atom. The first-order chi connectivity index (χ1) is 9.26. The first-order valence-corrected chi connectivity index (χ1v) is 7.17. The van der Waals surface area contributed by atoms with Crippen molar-refractivity contribution in [3.63, 3.8) is 0 Å². The zero-order valence-electron chi connectivity index (χ0n) is 10.9. The van der Waals surface area contributed by atoms with Crippen LogP contribution in [0.1, 0.15) is 16.7 Å². The van der Waals surface area contributed by atoms with Gasteiger partial charge in [-0.25, -0.2) is 0 Å². The van der Waals surface area contributed by atoms with E-state index in [1.54, 1.807) is 7.11 Å². The van der Waals surface area contributed by atoms with Crippen LogP contribution in [0.25, 0.3) is 0 Å². The number of ether oxygens (including phenoxy) is 1. The van der Waals surface area contributed by atoms with Crippen LogP contribution in [-0.2, 0) is 19.6 Å². The van der Waals surface area contributed by atoms with Crippen LogP contribution in [0.5, 0.6) is 5.75 Å². The molecule has 2 aromatic rings. The molecule has 2 aromatic carbocycles. The monoisotopic (exact) mass is 317 g/mol. The maximum absolute atomic E-state index is 5.35. The lowest BCUT2D eigenvalue weighted by Crippen LogP contribution is -2.15. The van der Waals surface area contributed by atoms with Gasteiger partial charge in [-0.1, -0.05) is 30.3 Å². The van der Waals surface area contributed by atoms with Gasteiger partial charge in [0.1, 0.15) is 5.75 Å². The van der Waals surface area contributed by atoms with Crippen molar-refractivity contribution in [3.8, 4) is 5.75 Å². The van der Waals surface area contributed by atoms with E-state index >= 15 is 0 Å². The van der Waals surface area contributed by atoms with Gasteiger partial charge in [-0.2, -0.15) is 0 Å². The molecule has 0 bridgehead atoms. The highest BCUT2D eigenvalue weighted by Gasteiger charge is 2.18. The molecular formula is C16H16BrNO. The van der Waals surface area contributed by atoms with Gasteiger partial charge in [-0.05, 0) is 44.8 Å². The molecule has 2 nitrogen and oxygen atoms in total. The quantitative estimate of drug-likeness (QED) is 0.849. The lowest BCUT2D eigenvalue weighted by molar-refractivity contribution is 0.275. The molecule has 0 unspecified atom stereocenters. The van der Waals surface area contributed by atoms with Crippen LogP contribution in [0.2, 0.25) is 0 Å². The largest absolute Gasteiger partial charge is 0.496 e. The van der Waals surface area contributed by atoms with Crippen molar-refractivity contribution in [3.05, 3.63) is 63.6 Å². The molecule has 3 heteroatoms. The maximum Gasteiger partial charge on any atom is 0.133 e. The van der Waals surface area contributed by atoms with E-state index in [0.717, 1.165) is 29.9 Å². The van der Waals surface area contributed by atoms with Crippen molar-refractivity contribution in [1.82, 2.24) is 4.90 Å². The summed E-state index contributed by atoms with van der Waals surface area (Å²) in [6.07, 6.45) is 0. The van der Waals surface area contributed by atoms with Gasteiger partial charge >= 0.3 is 0 Å². The van der Waals surface area contributed by atoms with E-state index in [4.69, 9.17) is 4.74 Å². The first-order valence-electron chi connectivity index (χ1n) is 6.38. The molecule has 0 fully saturated rings. The van der Waals surface area contributed by atoms with E-state index in [1.807, 2.05) is 0 Å². The van der Waals surface area contributed by atoms with E-state index < -0.39 is 0 Å². The average Bonchev–Trinajstić information content (AvgIpc) is 2.83. The van der Waals surface area contributed by atoms with Crippen molar-refractivity contribution in [2.45, 2.75) is 19.6 Å². The molecule has 0 saturated heterocycles. The summed E-state index contributed by atoms with van der Waals surface area (Å²) in [6, 6.07) is 15.0. The Morgan fingerprint density at radius 1 is 1.11 bits per heavy atom. The molecule has 19 heavy (non-hydrogen) atoms. The van der Waals surface area contributed by atoms with E-state index in [0.29, 0.717) is 0 Å². The Kier molecular flexibility index (Phi) is 3.58. The second kappa shape index (κ2) is 5.35. The topological polar surface area (TPSA) is 12.5 Å². The van der Waals surface area contributed by atoms with E-state index in [-0.39, 0.29) is 0 Å². The molecule has 0 spiro atoms. The van der Waals surface area contributed by atoms with Gasteiger partial charge in [-0.3, -0.25) is 4.90 Å². The zero-order chi connectivity index (χ0) is 13.2. The van der Waals surface area contributed by atoms with Crippen LogP contribution in [0, 0.1) is 0 Å². The molecule has 0 radical (unpaired) electrons. The second-order valence-corrected chi connectivity index (χ2v) is 5.74. The SMILES string of the molecule is COc1cc(CN2Cc3ccccc3C2)ccc1Br. The fourth-order valence-corrected chi connectivity index (χ4v) is 2.98. The maximum atomic E-state index is 5.35. The summed E-state index contributed by atoms with van der Waals surface area (Å²) in [6.45, 7) is 3.03. The number of benzene rings is 2. The van der Waals surface area contributed by atoms with Crippen LogP contribution < -0.4 is 4.74 Å². The van der Waals surface area contributed by atoms with Gasteiger partial charge in [0.05, 0.1) is 11.6 Å². The normalized spacial score (nSPS) is 14.4. The third-order valence-electron chi connectivity index (χ3n) is 3.53. The number of nitrogens with zero attached hydrogens (tertiary/aromatic N) is 1. The molecule has 0 saturated carbocycles.